The van der Waals surface area contributed by atoms with Gasteiger partial charge in [0.25, 0.3) is 11.8 Å². The van der Waals surface area contributed by atoms with Crippen molar-refractivity contribution in [3.8, 4) is 5.75 Å². The Morgan fingerprint density at radius 1 is 0.889 bits per heavy atom. The van der Waals surface area contributed by atoms with Crippen molar-refractivity contribution in [3.63, 3.8) is 0 Å². The summed E-state index contributed by atoms with van der Waals surface area (Å²) < 4.78 is 56.2. The van der Waals surface area contributed by atoms with Crippen molar-refractivity contribution in [1.29, 1.82) is 0 Å². The van der Waals surface area contributed by atoms with E-state index in [1.54, 1.807) is 54.6 Å². The molecule has 0 spiro atoms. The van der Waals surface area contributed by atoms with Gasteiger partial charge in [0.1, 0.15) is 5.69 Å². The molecule has 4 aliphatic rings. The van der Waals surface area contributed by atoms with Crippen LogP contribution in [0.3, 0.4) is 0 Å². The topological polar surface area (TPSA) is 111 Å². The molecule has 6 unspecified atom stereocenters. The van der Waals surface area contributed by atoms with Gasteiger partial charge in [-0.05, 0) is 72.4 Å². The van der Waals surface area contributed by atoms with Crippen LogP contribution >= 0.6 is 23.2 Å². The Kier molecular flexibility index (Phi) is 8.38. The van der Waals surface area contributed by atoms with Gasteiger partial charge in [0.2, 0.25) is 11.8 Å². The van der Waals surface area contributed by atoms with E-state index in [0.717, 1.165) is 33.1 Å². The van der Waals surface area contributed by atoms with Gasteiger partial charge in [0.15, 0.2) is 17.4 Å². The number of halogens is 6. The maximum atomic E-state index is 15.3. The number of amides is 4. The molecule has 0 radical (unpaired) electrons. The highest BCUT2D eigenvalue weighted by Gasteiger charge is 2.70. The highest BCUT2D eigenvalue weighted by molar-refractivity contribution is 6.33. The standard InChI is InChI=1S/C39H28Cl2F4N4O5/c1-47(33-27(41)13-15-30(46-33)39(43,44)45)49-34(51)24-12-11-23-25(31(24)36(49)53)18-26-35(52)48(22-9-5-8-21(40)17-22)37(54)38(26,20-6-3-2-4-7-20)32(23)19-10-14-29(50)28(42)16-19/h2-11,13-17,24-26,31-32,50H,12,18H2,1H3. The summed E-state index contributed by atoms with van der Waals surface area (Å²) in [5.41, 5.74) is -1.55. The zero-order valence-corrected chi connectivity index (χ0v) is 29.6. The van der Waals surface area contributed by atoms with Crippen LogP contribution in [0.2, 0.25) is 10.0 Å². The van der Waals surface area contributed by atoms with Crippen molar-refractivity contribution in [2.24, 2.45) is 23.7 Å². The number of allylic oxidation sites excluding steroid dienone is 2. The number of pyridine rings is 1. The molecule has 3 fully saturated rings. The maximum absolute atomic E-state index is 15.3. The number of hydrogen-bond acceptors (Lipinski definition) is 7. The Balaban J connectivity index is 1.30. The zero-order chi connectivity index (χ0) is 38.4. The van der Waals surface area contributed by atoms with Crippen molar-refractivity contribution >= 4 is 58.3 Å². The fourth-order valence-electron chi connectivity index (χ4n) is 9.01. The van der Waals surface area contributed by atoms with Crippen LogP contribution in [0.15, 0.2) is 96.6 Å². The number of phenolic OH excluding ortho intramolecular Hbond substituents is 1. The average molecular weight is 780 g/mol. The van der Waals surface area contributed by atoms with Crippen molar-refractivity contribution in [2.75, 3.05) is 17.0 Å². The molecule has 2 saturated heterocycles. The van der Waals surface area contributed by atoms with Crippen LogP contribution in [0, 0.1) is 29.5 Å². The van der Waals surface area contributed by atoms with E-state index in [1.165, 1.54) is 19.2 Å². The van der Waals surface area contributed by atoms with Crippen LogP contribution in [0.25, 0.3) is 0 Å². The fraction of sp³-hybridized carbons (Fsp3) is 0.256. The molecular formula is C39H28Cl2F4N4O5. The van der Waals surface area contributed by atoms with Gasteiger partial charge in [-0.25, -0.2) is 14.3 Å². The number of alkyl halides is 3. The molecule has 54 heavy (non-hydrogen) atoms. The van der Waals surface area contributed by atoms with Crippen LogP contribution in [0.4, 0.5) is 29.1 Å². The Bertz CT molecular complexity index is 2310. The summed E-state index contributed by atoms with van der Waals surface area (Å²) in [6, 6.07) is 20.2. The zero-order valence-electron chi connectivity index (χ0n) is 28.1. The highest BCUT2D eigenvalue weighted by Crippen LogP contribution is 2.64. The third-order valence-electron chi connectivity index (χ3n) is 11.2. The van der Waals surface area contributed by atoms with Crippen molar-refractivity contribution < 1.29 is 41.8 Å². The van der Waals surface area contributed by atoms with Gasteiger partial charge in [-0.15, -0.1) is 0 Å². The third-order valence-corrected chi connectivity index (χ3v) is 11.7. The summed E-state index contributed by atoms with van der Waals surface area (Å²) in [7, 11) is 1.21. The molecule has 2 aliphatic carbocycles. The Hall–Kier alpha value is -5.27. The number of rotatable bonds is 5. The predicted molar refractivity (Wildman–Crippen MR) is 189 cm³/mol. The first-order valence-corrected chi connectivity index (χ1v) is 17.6. The van der Waals surface area contributed by atoms with Gasteiger partial charge in [-0.3, -0.25) is 24.2 Å². The molecule has 276 valence electrons. The van der Waals surface area contributed by atoms with Gasteiger partial charge < -0.3 is 5.11 Å². The van der Waals surface area contributed by atoms with Gasteiger partial charge in [-0.2, -0.15) is 18.2 Å². The van der Waals surface area contributed by atoms with Gasteiger partial charge in [0, 0.05) is 18.0 Å². The first kappa shape index (κ1) is 35.7. The Morgan fingerprint density at radius 3 is 2.31 bits per heavy atom. The second kappa shape index (κ2) is 12.7. The molecule has 3 heterocycles. The molecule has 15 heteroatoms. The molecule has 1 aromatic heterocycles. The van der Waals surface area contributed by atoms with Crippen LogP contribution in [0.5, 0.6) is 5.75 Å². The molecule has 1 saturated carbocycles. The smallest absolute Gasteiger partial charge is 0.433 e. The van der Waals surface area contributed by atoms with E-state index in [9.17, 15) is 32.7 Å². The molecular weight excluding hydrogens is 751 g/mol. The quantitative estimate of drug-likeness (QED) is 0.127. The number of hydrazine groups is 1. The monoisotopic (exact) mass is 778 g/mol. The number of aromatic hydroxyl groups is 1. The average Bonchev–Trinajstić information content (AvgIpc) is 3.53. The number of aromatic nitrogens is 1. The molecule has 8 rings (SSSR count). The number of carbonyl (C=O) groups is 4. The summed E-state index contributed by atoms with van der Waals surface area (Å²) in [6.07, 6.45) is -3.19. The number of benzene rings is 3. The second-order valence-electron chi connectivity index (χ2n) is 13.8. The van der Waals surface area contributed by atoms with E-state index < -0.39 is 87.9 Å². The number of hydrogen-bond donors (Lipinski definition) is 1. The summed E-state index contributed by atoms with van der Waals surface area (Å²) >= 11 is 12.6. The Morgan fingerprint density at radius 2 is 1.63 bits per heavy atom. The van der Waals surface area contributed by atoms with Gasteiger partial charge in [0.05, 0.1) is 33.9 Å². The van der Waals surface area contributed by atoms with Crippen LogP contribution < -0.4 is 9.91 Å². The first-order valence-electron chi connectivity index (χ1n) is 16.9. The third kappa shape index (κ3) is 5.15. The minimum atomic E-state index is -4.84. The summed E-state index contributed by atoms with van der Waals surface area (Å²) in [4.78, 5) is 63.3. The number of carbonyl (C=O) groups excluding carboxylic acids is 4. The van der Waals surface area contributed by atoms with E-state index in [-0.39, 0.29) is 34.1 Å². The second-order valence-corrected chi connectivity index (χ2v) is 14.7. The molecule has 9 nitrogen and oxygen atoms in total. The van der Waals surface area contributed by atoms with E-state index in [4.69, 9.17) is 23.2 Å². The molecule has 1 N–H and O–H groups in total. The maximum Gasteiger partial charge on any atom is 0.433 e. The molecule has 4 amide bonds. The lowest BCUT2D eigenvalue weighted by Crippen LogP contribution is -2.53. The van der Waals surface area contributed by atoms with Crippen molar-refractivity contribution in [2.45, 2.75) is 30.4 Å². The SMILES string of the molecule is CN(c1nc(C(F)(F)F)ccc1Cl)N1C(=O)C2CC=C3C(CC4C(=O)N(c5cccc(Cl)c5)C(=O)C4(c4ccccc4)C3c3ccc(O)c(F)c3)C2C1=O. The molecule has 6 atom stereocenters. The minimum absolute atomic E-state index is 0.0120. The number of anilines is 2. The molecule has 2 aliphatic heterocycles. The number of fused-ring (bicyclic) bond motifs is 4. The molecule has 4 aromatic rings. The summed E-state index contributed by atoms with van der Waals surface area (Å²) in [5, 5.41) is 11.9. The lowest BCUT2D eigenvalue weighted by Gasteiger charge is -2.50. The lowest BCUT2D eigenvalue weighted by molar-refractivity contribution is -0.141. The van der Waals surface area contributed by atoms with E-state index in [1.807, 2.05) is 0 Å². The fourth-order valence-corrected chi connectivity index (χ4v) is 9.42. The van der Waals surface area contributed by atoms with Crippen molar-refractivity contribution in [3.05, 3.63) is 129 Å². The van der Waals surface area contributed by atoms with Gasteiger partial charge >= 0.3 is 6.18 Å². The highest BCUT2D eigenvalue weighted by atomic mass is 35.5. The van der Waals surface area contributed by atoms with E-state index in [0.29, 0.717) is 17.2 Å². The summed E-state index contributed by atoms with van der Waals surface area (Å²) in [5.74, 6) is -9.95. The number of nitrogens with zero attached hydrogens (tertiary/aromatic N) is 4. The predicted octanol–water partition coefficient (Wildman–Crippen LogP) is 7.47. The Labute approximate surface area is 315 Å². The van der Waals surface area contributed by atoms with E-state index in [2.05, 4.69) is 4.98 Å². The molecule has 0 bridgehead atoms. The van der Waals surface area contributed by atoms with Crippen LogP contribution in [0.1, 0.15) is 35.6 Å². The van der Waals surface area contributed by atoms with Gasteiger partial charge in [-0.1, -0.05) is 77.3 Å². The van der Waals surface area contributed by atoms with E-state index >= 15 is 9.18 Å². The number of phenols is 1. The van der Waals surface area contributed by atoms with Crippen LogP contribution in [-0.2, 0) is 30.8 Å². The van der Waals surface area contributed by atoms with Crippen molar-refractivity contribution in [1.82, 2.24) is 9.99 Å². The van der Waals surface area contributed by atoms with Crippen LogP contribution in [-0.4, -0.2) is 45.8 Å². The largest absolute Gasteiger partial charge is 0.505 e. The minimum Gasteiger partial charge on any atom is -0.505 e. The molecule has 3 aromatic carbocycles. The normalized spacial score (nSPS) is 26.4. The number of imide groups is 2. The lowest BCUT2D eigenvalue weighted by atomic mass is 9.49. The first-order chi connectivity index (χ1) is 25.7. The summed E-state index contributed by atoms with van der Waals surface area (Å²) in [6.45, 7) is 0.